The summed E-state index contributed by atoms with van der Waals surface area (Å²) < 4.78 is 0. The van der Waals surface area contributed by atoms with E-state index in [0.29, 0.717) is 0 Å². The van der Waals surface area contributed by atoms with Gasteiger partial charge in [0.2, 0.25) is 0 Å². The molecule has 1 aromatic rings. The van der Waals surface area contributed by atoms with Crippen LogP contribution in [0.3, 0.4) is 0 Å². The first kappa shape index (κ1) is 7.36. The maximum Gasteiger partial charge on any atom is 0.138 e. The van der Waals surface area contributed by atoms with Gasteiger partial charge in [0.25, 0.3) is 0 Å². The molecule has 2 N–H and O–H groups in total. The summed E-state index contributed by atoms with van der Waals surface area (Å²) in [5.74, 6) is 0. The van der Waals surface area contributed by atoms with Crippen molar-refractivity contribution in [3.05, 3.63) is 30.4 Å². The minimum Gasteiger partial charge on any atom is -0.320 e. The quantitative estimate of drug-likeness (QED) is 0.606. The minimum atomic E-state index is -0.337. The Bertz CT molecular complexity index is 285. The van der Waals surface area contributed by atoms with Gasteiger partial charge in [-0.05, 0) is 12.8 Å². The Hall–Kier alpha value is -1.29. The Morgan fingerprint density at radius 2 is 2.00 bits per heavy atom. The molecule has 0 amide bonds. The topological polar surface area (TPSA) is 64.7 Å². The fraction of sp³-hybridized carbons (Fsp3) is 0.375. The molecule has 0 aromatic carbocycles. The summed E-state index contributed by atoms with van der Waals surface area (Å²) in [5.41, 5.74) is 6.57. The second-order valence-electron chi connectivity index (χ2n) is 3.03. The fourth-order valence-electron chi connectivity index (χ4n) is 1.38. The zero-order valence-corrected chi connectivity index (χ0v) is 6.64. The van der Waals surface area contributed by atoms with Crippen molar-refractivity contribution < 1.29 is 0 Å². The second kappa shape index (κ2) is 2.64. The Labute approximate surface area is 70.5 Å². The predicted molar refractivity (Wildman–Crippen MR) is 44.1 cm³/mol. The molecule has 0 unspecified atom stereocenters. The average Bonchev–Trinajstić information content (AvgIpc) is 2.55. The first-order valence-electron chi connectivity index (χ1n) is 3.88. The van der Waals surface area contributed by atoms with Gasteiger partial charge >= 0.3 is 0 Å². The van der Waals surface area contributed by atoms with E-state index >= 15 is 0 Å². The lowest BCUT2D eigenvalue weighted by Gasteiger charge is -2.21. The van der Waals surface area contributed by atoms with E-state index < -0.39 is 0 Å². The van der Waals surface area contributed by atoms with E-state index in [4.69, 9.17) is 5.73 Å². The van der Waals surface area contributed by atoms with E-state index in [-0.39, 0.29) is 5.54 Å². The number of rotatable bonds is 1. The third-order valence-electron chi connectivity index (χ3n) is 2.14. The third kappa shape index (κ3) is 1.10. The molecule has 4 heteroatoms. The van der Waals surface area contributed by atoms with Crippen molar-refractivity contribution in [2.24, 2.45) is 5.73 Å². The molecular formula is C8H10N4. The highest BCUT2D eigenvalue weighted by molar-refractivity contribution is 5.18. The van der Waals surface area contributed by atoms with Crippen LogP contribution in [0, 0.1) is 0 Å². The van der Waals surface area contributed by atoms with Gasteiger partial charge in [-0.25, -0.2) is 4.98 Å². The van der Waals surface area contributed by atoms with Crippen LogP contribution < -0.4 is 5.73 Å². The molecule has 1 aliphatic rings. The highest BCUT2D eigenvalue weighted by Crippen LogP contribution is 2.29. The van der Waals surface area contributed by atoms with Crippen molar-refractivity contribution in [3.8, 4) is 0 Å². The Morgan fingerprint density at radius 1 is 1.25 bits per heavy atom. The minimum absolute atomic E-state index is 0.337. The molecule has 0 atom stereocenters. The molecule has 4 nitrogen and oxygen atoms in total. The number of aromatic nitrogens is 3. The van der Waals surface area contributed by atoms with Crippen LogP contribution in [0.25, 0.3) is 0 Å². The van der Waals surface area contributed by atoms with Crippen LogP contribution in [0.4, 0.5) is 0 Å². The maximum atomic E-state index is 6.09. The normalized spacial score (nSPS) is 19.8. The van der Waals surface area contributed by atoms with E-state index in [9.17, 15) is 0 Å². The van der Waals surface area contributed by atoms with Crippen LogP contribution in [-0.4, -0.2) is 15.2 Å². The molecule has 1 aromatic heterocycles. The molecule has 0 spiro atoms. The summed E-state index contributed by atoms with van der Waals surface area (Å²) in [6.45, 7) is 0. The lowest BCUT2D eigenvalue weighted by molar-refractivity contribution is 0.460. The lowest BCUT2D eigenvalue weighted by atomic mass is 9.94. The SMILES string of the molecule is NC1(c2cnncn2)CC=CC1. The summed E-state index contributed by atoms with van der Waals surface area (Å²) in [5, 5.41) is 7.37. The Kier molecular flexibility index (Phi) is 1.62. The molecule has 1 aliphatic carbocycles. The first-order chi connectivity index (χ1) is 5.81. The van der Waals surface area contributed by atoms with Gasteiger partial charge in [-0.3, -0.25) is 0 Å². The van der Waals surface area contributed by atoms with Gasteiger partial charge in [-0.1, -0.05) is 12.2 Å². The molecular weight excluding hydrogens is 152 g/mol. The number of nitrogens with zero attached hydrogens (tertiary/aromatic N) is 3. The molecule has 0 aliphatic heterocycles. The van der Waals surface area contributed by atoms with Crippen LogP contribution in [0.1, 0.15) is 18.5 Å². The monoisotopic (exact) mass is 162 g/mol. The van der Waals surface area contributed by atoms with Gasteiger partial charge < -0.3 is 5.73 Å². The molecule has 0 fully saturated rings. The van der Waals surface area contributed by atoms with Crippen molar-refractivity contribution in [2.45, 2.75) is 18.4 Å². The number of hydrogen-bond donors (Lipinski definition) is 1. The number of hydrogen-bond acceptors (Lipinski definition) is 4. The summed E-state index contributed by atoms with van der Waals surface area (Å²) in [4.78, 5) is 4.09. The Morgan fingerprint density at radius 3 is 2.58 bits per heavy atom. The standard InChI is InChI=1S/C8H10N4/c9-8(3-1-2-4-8)7-5-11-12-6-10-7/h1-2,5-6H,3-4,9H2. The Balaban J connectivity index is 2.31. The molecule has 2 rings (SSSR count). The molecule has 62 valence electrons. The van der Waals surface area contributed by atoms with Crippen molar-refractivity contribution in [2.75, 3.05) is 0 Å². The van der Waals surface area contributed by atoms with E-state index in [1.165, 1.54) is 6.33 Å². The lowest BCUT2D eigenvalue weighted by Crippen LogP contribution is -2.34. The van der Waals surface area contributed by atoms with Gasteiger partial charge in [0.1, 0.15) is 6.33 Å². The summed E-state index contributed by atoms with van der Waals surface area (Å²) >= 11 is 0. The fourth-order valence-corrected chi connectivity index (χ4v) is 1.38. The van der Waals surface area contributed by atoms with Gasteiger partial charge in [-0.15, -0.1) is 5.10 Å². The van der Waals surface area contributed by atoms with E-state index in [2.05, 4.69) is 27.3 Å². The van der Waals surface area contributed by atoms with Crippen LogP contribution in [0.5, 0.6) is 0 Å². The van der Waals surface area contributed by atoms with Crippen molar-refractivity contribution in [1.82, 2.24) is 15.2 Å². The summed E-state index contributed by atoms with van der Waals surface area (Å²) in [6.07, 6.45) is 8.89. The molecule has 12 heavy (non-hydrogen) atoms. The largest absolute Gasteiger partial charge is 0.320 e. The molecule has 0 radical (unpaired) electrons. The van der Waals surface area contributed by atoms with Crippen LogP contribution in [0.2, 0.25) is 0 Å². The first-order valence-corrected chi connectivity index (χ1v) is 3.88. The summed E-state index contributed by atoms with van der Waals surface area (Å²) in [6, 6.07) is 0. The molecule has 0 saturated heterocycles. The average molecular weight is 162 g/mol. The maximum absolute atomic E-state index is 6.09. The smallest absolute Gasteiger partial charge is 0.138 e. The van der Waals surface area contributed by atoms with Crippen molar-refractivity contribution >= 4 is 0 Å². The third-order valence-corrected chi connectivity index (χ3v) is 2.14. The van der Waals surface area contributed by atoms with Gasteiger partial charge in [0, 0.05) is 0 Å². The summed E-state index contributed by atoms with van der Waals surface area (Å²) in [7, 11) is 0. The van der Waals surface area contributed by atoms with Gasteiger partial charge in [0.05, 0.1) is 17.4 Å². The zero-order valence-electron chi connectivity index (χ0n) is 6.64. The van der Waals surface area contributed by atoms with Crippen LogP contribution >= 0.6 is 0 Å². The number of nitrogens with two attached hydrogens (primary N) is 1. The second-order valence-corrected chi connectivity index (χ2v) is 3.03. The van der Waals surface area contributed by atoms with E-state index in [1.807, 2.05) is 0 Å². The van der Waals surface area contributed by atoms with Crippen LogP contribution in [-0.2, 0) is 5.54 Å². The molecule has 1 heterocycles. The predicted octanol–water partition coefficient (Wildman–Crippen LogP) is 0.376. The van der Waals surface area contributed by atoms with Crippen LogP contribution in [0.15, 0.2) is 24.7 Å². The van der Waals surface area contributed by atoms with Crippen molar-refractivity contribution in [3.63, 3.8) is 0 Å². The highest BCUT2D eigenvalue weighted by atomic mass is 15.1. The van der Waals surface area contributed by atoms with Gasteiger partial charge in [0.15, 0.2) is 0 Å². The highest BCUT2D eigenvalue weighted by Gasteiger charge is 2.29. The molecule has 0 saturated carbocycles. The van der Waals surface area contributed by atoms with Gasteiger partial charge in [-0.2, -0.15) is 5.10 Å². The van der Waals surface area contributed by atoms with E-state index in [0.717, 1.165) is 18.5 Å². The van der Waals surface area contributed by atoms with E-state index in [1.54, 1.807) is 6.20 Å². The zero-order chi connectivity index (χ0) is 8.44. The molecule has 0 bridgehead atoms. The van der Waals surface area contributed by atoms with Crippen molar-refractivity contribution in [1.29, 1.82) is 0 Å².